The van der Waals surface area contributed by atoms with E-state index in [0.29, 0.717) is 32.0 Å². The molecule has 0 aromatic rings. The summed E-state index contributed by atoms with van der Waals surface area (Å²) in [5.74, 6) is 0.838. The molecule has 4 nitrogen and oxygen atoms in total. The lowest BCUT2D eigenvalue weighted by Gasteiger charge is -2.30. The van der Waals surface area contributed by atoms with E-state index in [1.54, 1.807) is 11.4 Å². The van der Waals surface area contributed by atoms with Gasteiger partial charge in [-0.15, -0.1) is 0 Å². The summed E-state index contributed by atoms with van der Waals surface area (Å²) < 4.78 is 30.3. The van der Waals surface area contributed by atoms with Crippen molar-refractivity contribution < 1.29 is 13.2 Å². The van der Waals surface area contributed by atoms with Crippen LogP contribution in [0.4, 0.5) is 0 Å². The molecule has 1 aliphatic heterocycles. The quantitative estimate of drug-likeness (QED) is 0.551. The Bertz CT molecular complexity index is 286. The highest BCUT2D eigenvalue weighted by Crippen LogP contribution is 2.21. The molecule has 0 N–H and O–H groups in total. The first-order chi connectivity index (χ1) is 7.60. The summed E-state index contributed by atoms with van der Waals surface area (Å²) in [4.78, 5) is 0. The Balaban J connectivity index is 2.39. The standard InChI is InChI=1S/C10H20BrNO3S/c1-15-7-2-8-16(13,14)12-5-3-10(9-11)4-6-12/h10H,2-9H2,1H3. The van der Waals surface area contributed by atoms with Crippen LogP contribution in [0.3, 0.4) is 0 Å². The van der Waals surface area contributed by atoms with E-state index in [-0.39, 0.29) is 5.75 Å². The van der Waals surface area contributed by atoms with E-state index in [4.69, 9.17) is 4.74 Å². The average Bonchev–Trinajstić information content (AvgIpc) is 2.29. The summed E-state index contributed by atoms with van der Waals surface area (Å²) >= 11 is 3.45. The van der Waals surface area contributed by atoms with Gasteiger partial charge in [-0.2, -0.15) is 0 Å². The molecule has 96 valence electrons. The molecule has 0 bridgehead atoms. The lowest BCUT2D eigenvalue weighted by atomic mass is 10.0. The van der Waals surface area contributed by atoms with Gasteiger partial charge in [-0.25, -0.2) is 12.7 Å². The van der Waals surface area contributed by atoms with Crippen molar-refractivity contribution in [3.63, 3.8) is 0 Å². The van der Waals surface area contributed by atoms with E-state index in [0.717, 1.165) is 18.2 Å². The summed E-state index contributed by atoms with van der Waals surface area (Å²) in [5.41, 5.74) is 0. The van der Waals surface area contributed by atoms with Gasteiger partial charge < -0.3 is 4.74 Å². The van der Waals surface area contributed by atoms with Crippen molar-refractivity contribution in [2.45, 2.75) is 19.3 Å². The van der Waals surface area contributed by atoms with E-state index < -0.39 is 10.0 Å². The molecule has 0 aliphatic carbocycles. The number of rotatable bonds is 6. The minimum Gasteiger partial charge on any atom is -0.385 e. The predicted molar refractivity (Wildman–Crippen MR) is 68.4 cm³/mol. The van der Waals surface area contributed by atoms with E-state index >= 15 is 0 Å². The third kappa shape index (κ3) is 4.31. The van der Waals surface area contributed by atoms with Crippen molar-refractivity contribution in [2.24, 2.45) is 5.92 Å². The van der Waals surface area contributed by atoms with Crippen LogP contribution in [0, 0.1) is 5.92 Å². The minimum absolute atomic E-state index is 0.208. The van der Waals surface area contributed by atoms with Crippen LogP contribution < -0.4 is 0 Å². The zero-order valence-electron chi connectivity index (χ0n) is 9.69. The van der Waals surface area contributed by atoms with Crippen LogP contribution in [0.25, 0.3) is 0 Å². The fourth-order valence-corrected chi connectivity index (χ4v) is 4.01. The molecule has 1 saturated heterocycles. The molecule has 0 unspecified atom stereocenters. The molecule has 1 aliphatic rings. The number of alkyl halides is 1. The van der Waals surface area contributed by atoms with Crippen LogP contribution in [-0.4, -0.2) is 50.6 Å². The number of methoxy groups -OCH3 is 1. The Hall–Kier alpha value is 0.350. The zero-order valence-corrected chi connectivity index (χ0v) is 12.1. The van der Waals surface area contributed by atoms with Crippen molar-refractivity contribution in [3.8, 4) is 0 Å². The van der Waals surface area contributed by atoms with Crippen LogP contribution in [-0.2, 0) is 14.8 Å². The van der Waals surface area contributed by atoms with Gasteiger partial charge in [0.15, 0.2) is 0 Å². The molecule has 0 atom stereocenters. The molecule has 1 fully saturated rings. The van der Waals surface area contributed by atoms with Crippen LogP contribution in [0.2, 0.25) is 0 Å². The van der Waals surface area contributed by atoms with Crippen molar-refractivity contribution >= 4 is 26.0 Å². The highest BCUT2D eigenvalue weighted by Gasteiger charge is 2.26. The largest absolute Gasteiger partial charge is 0.385 e. The third-order valence-electron chi connectivity index (χ3n) is 2.94. The Morgan fingerprint density at radius 3 is 2.50 bits per heavy atom. The molecule has 16 heavy (non-hydrogen) atoms. The maximum atomic E-state index is 11.9. The summed E-state index contributed by atoms with van der Waals surface area (Å²) in [6.45, 7) is 1.86. The first-order valence-corrected chi connectivity index (χ1v) is 8.36. The zero-order chi connectivity index (χ0) is 12.0. The monoisotopic (exact) mass is 313 g/mol. The molecule has 0 amide bonds. The molecular formula is C10H20BrNO3S. The second kappa shape index (κ2) is 6.93. The number of hydrogen-bond donors (Lipinski definition) is 0. The summed E-state index contributed by atoms with van der Waals surface area (Å²) in [7, 11) is -1.46. The molecule has 0 aromatic heterocycles. The average molecular weight is 314 g/mol. The van der Waals surface area contributed by atoms with E-state index in [9.17, 15) is 8.42 Å². The molecule has 0 aromatic carbocycles. The van der Waals surface area contributed by atoms with Crippen molar-refractivity contribution in [3.05, 3.63) is 0 Å². The van der Waals surface area contributed by atoms with Crippen molar-refractivity contribution in [1.82, 2.24) is 4.31 Å². The maximum absolute atomic E-state index is 11.9. The molecule has 0 spiro atoms. The van der Waals surface area contributed by atoms with Crippen LogP contribution >= 0.6 is 15.9 Å². The molecular weight excluding hydrogens is 294 g/mol. The van der Waals surface area contributed by atoms with Gasteiger partial charge in [-0.3, -0.25) is 0 Å². The summed E-state index contributed by atoms with van der Waals surface area (Å²) in [6.07, 6.45) is 2.51. The topological polar surface area (TPSA) is 46.6 Å². The third-order valence-corrected chi connectivity index (χ3v) is 5.81. The maximum Gasteiger partial charge on any atom is 0.214 e. The van der Waals surface area contributed by atoms with Crippen molar-refractivity contribution in [1.29, 1.82) is 0 Å². The Morgan fingerprint density at radius 2 is 2.00 bits per heavy atom. The van der Waals surface area contributed by atoms with Gasteiger partial charge >= 0.3 is 0 Å². The SMILES string of the molecule is COCCCS(=O)(=O)N1CCC(CBr)CC1. The number of sulfonamides is 1. The van der Waals surface area contributed by atoms with Crippen LogP contribution in [0.1, 0.15) is 19.3 Å². The Labute approximate surface area is 107 Å². The second-order valence-electron chi connectivity index (χ2n) is 4.16. The molecule has 6 heteroatoms. The Kier molecular flexibility index (Phi) is 6.25. The smallest absolute Gasteiger partial charge is 0.214 e. The van der Waals surface area contributed by atoms with E-state index in [1.807, 2.05) is 0 Å². The lowest BCUT2D eigenvalue weighted by molar-refractivity contribution is 0.198. The predicted octanol–water partition coefficient (Wildman–Crippen LogP) is 1.46. The second-order valence-corrected chi connectivity index (χ2v) is 6.90. The van der Waals surface area contributed by atoms with Gasteiger partial charge in [0.05, 0.1) is 5.75 Å². The molecule has 0 radical (unpaired) electrons. The molecule has 1 heterocycles. The fraction of sp³-hybridized carbons (Fsp3) is 1.00. The van der Waals surface area contributed by atoms with Gasteiger partial charge in [0.2, 0.25) is 10.0 Å². The van der Waals surface area contributed by atoms with Gasteiger partial charge in [0, 0.05) is 32.1 Å². The van der Waals surface area contributed by atoms with E-state index in [2.05, 4.69) is 15.9 Å². The number of ether oxygens (including phenoxy) is 1. The summed E-state index contributed by atoms with van der Waals surface area (Å²) in [5, 5.41) is 0.977. The summed E-state index contributed by atoms with van der Waals surface area (Å²) in [6, 6.07) is 0. The van der Waals surface area contributed by atoms with Gasteiger partial charge in [-0.1, -0.05) is 15.9 Å². The fourth-order valence-electron chi connectivity index (χ4n) is 1.86. The molecule has 1 rings (SSSR count). The number of halogens is 1. The number of nitrogens with zero attached hydrogens (tertiary/aromatic N) is 1. The highest BCUT2D eigenvalue weighted by molar-refractivity contribution is 9.09. The van der Waals surface area contributed by atoms with Crippen LogP contribution in [0.5, 0.6) is 0 Å². The lowest BCUT2D eigenvalue weighted by Crippen LogP contribution is -2.40. The number of hydrogen-bond acceptors (Lipinski definition) is 3. The minimum atomic E-state index is -3.05. The highest BCUT2D eigenvalue weighted by atomic mass is 79.9. The van der Waals surface area contributed by atoms with Crippen molar-refractivity contribution in [2.75, 3.05) is 37.9 Å². The first kappa shape index (κ1) is 14.4. The van der Waals surface area contributed by atoms with Crippen LogP contribution in [0.15, 0.2) is 0 Å². The van der Waals surface area contributed by atoms with Gasteiger partial charge in [-0.05, 0) is 25.2 Å². The van der Waals surface area contributed by atoms with Gasteiger partial charge in [0.1, 0.15) is 0 Å². The van der Waals surface area contributed by atoms with Gasteiger partial charge in [0.25, 0.3) is 0 Å². The van der Waals surface area contributed by atoms with E-state index in [1.165, 1.54) is 0 Å². The normalized spacial score (nSPS) is 20.1. The number of piperidine rings is 1. The first-order valence-electron chi connectivity index (χ1n) is 5.63. The molecule has 0 saturated carbocycles. The Morgan fingerprint density at radius 1 is 1.38 bits per heavy atom.